The van der Waals surface area contributed by atoms with E-state index in [9.17, 15) is 9.59 Å². The van der Waals surface area contributed by atoms with Crippen molar-refractivity contribution in [3.8, 4) is 0 Å². The molecule has 0 aliphatic heterocycles. The van der Waals surface area contributed by atoms with E-state index in [1.54, 1.807) is 7.11 Å². The first-order chi connectivity index (χ1) is 11.8. The third kappa shape index (κ3) is 4.76. The van der Waals surface area contributed by atoms with Crippen LogP contribution in [0.25, 0.3) is 0 Å². The molecule has 2 rings (SSSR count). The van der Waals surface area contributed by atoms with E-state index in [4.69, 9.17) is 9.47 Å². The lowest BCUT2D eigenvalue weighted by atomic mass is 10.1. The Morgan fingerprint density at radius 3 is 2.64 bits per heavy atom. The molecule has 2 aromatic rings. The fraction of sp³-hybridized carbons (Fsp3) is 0.500. The lowest BCUT2D eigenvalue weighted by Crippen LogP contribution is -2.17. The summed E-state index contributed by atoms with van der Waals surface area (Å²) in [6.45, 7) is 8.06. The molecule has 6 nitrogen and oxygen atoms in total. The van der Waals surface area contributed by atoms with Gasteiger partial charge in [-0.25, -0.2) is 4.98 Å². The molecule has 25 heavy (non-hydrogen) atoms. The summed E-state index contributed by atoms with van der Waals surface area (Å²) in [4.78, 5) is 28.5. The van der Waals surface area contributed by atoms with E-state index in [-0.39, 0.29) is 24.9 Å². The molecule has 0 amide bonds. The molecule has 136 valence electrons. The van der Waals surface area contributed by atoms with Crippen molar-refractivity contribution in [1.82, 2.24) is 9.55 Å². The monoisotopic (exact) mass is 364 g/mol. The van der Waals surface area contributed by atoms with Crippen LogP contribution in [0.1, 0.15) is 45.4 Å². The molecule has 1 atom stereocenters. The standard InChI is InChI=1S/C18H24N2O4S/c1-11-6-16(13(3)20(11)12(2)8-23-5)17(21)9-24-18(22)7-15-10-25-14(4)19-15/h6,10,12H,7-9H2,1-5H3. The molecule has 0 aromatic carbocycles. The van der Waals surface area contributed by atoms with Gasteiger partial charge in [0.1, 0.15) is 0 Å². The molecule has 0 aliphatic rings. The number of thiazole rings is 1. The van der Waals surface area contributed by atoms with Gasteiger partial charge in [0.2, 0.25) is 5.78 Å². The fourth-order valence-corrected chi connectivity index (χ4v) is 3.58. The van der Waals surface area contributed by atoms with Gasteiger partial charge in [-0.15, -0.1) is 11.3 Å². The number of ketones is 1. The lowest BCUT2D eigenvalue weighted by molar-refractivity contribution is -0.141. The minimum absolute atomic E-state index is 0.0848. The SMILES string of the molecule is COCC(C)n1c(C)cc(C(=O)COC(=O)Cc2csc(C)n2)c1C. The van der Waals surface area contributed by atoms with Gasteiger partial charge in [-0.05, 0) is 33.8 Å². The van der Waals surface area contributed by atoms with Crippen LogP contribution in [0.15, 0.2) is 11.4 Å². The molecule has 0 bridgehead atoms. The van der Waals surface area contributed by atoms with E-state index >= 15 is 0 Å². The van der Waals surface area contributed by atoms with Gasteiger partial charge in [0.25, 0.3) is 0 Å². The summed E-state index contributed by atoms with van der Waals surface area (Å²) in [5.41, 5.74) is 3.09. The minimum atomic E-state index is -0.444. The molecular weight excluding hydrogens is 340 g/mol. The Balaban J connectivity index is 1.99. The largest absolute Gasteiger partial charge is 0.457 e. The van der Waals surface area contributed by atoms with E-state index in [0.717, 1.165) is 16.4 Å². The molecule has 0 fully saturated rings. The normalized spacial score (nSPS) is 12.2. The van der Waals surface area contributed by atoms with Crippen LogP contribution in [-0.2, 0) is 20.7 Å². The molecule has 2 heterocycles. The Labute approximate surface area is 151 Å². The summed E-state index contributed by atoms with van der Waals surface area (Å²) in [5, 5.41) is 2.72. The van der Waals surface area contributed by atoms with Crippen LogP contribution in [0.3, 0.4) is 0 Å². The zero-order valence-electron chi connectivity index (χ0n) is 15.3. The number of hydrogen-bond donors (Lipinski definition) is 0. The van der Waals surface area contributed by atoms with Gasteiger partial charge >= 0.3 is 5.97 Å². The average Bonchev–Trinajstić information content (AvgIpc) is 3.08. The van der Waals surface area contributed by atoms with Crippen LogP contribution in [0, 0.1) is 20.8 Å². The third-order valence-corrected chi connectivity index (χ3v) is 4.81. The van der Waals surface area contributed by atoms with Gasteiger partial charge in [0.15, 0.2) is 6.61 Å². The molecule has 2 aromatic heterocycles. The van der Waals surface area contributed by atoms with E-state index < -0.39 is 5.97 Å². The molecule has 1 unspecified atom stereocenters. The van der Waals surface area contributed by atoms with E-state index in [2.05, 4.69) is 9.55 Å². The first kappa shape index (κ1) is 19.3. The van der Waals surface area contributed by atoms with Crippen molar-refractivity contribution in [2.45, 2.75) is 40.2 Å². The second-order valence-corrected chi connectivity index (χ2v) is 7.14. The number of esters is 1. The van der Waals surface area contributed by atoms with E-state index in [1.165, 1.54) is 11.3 Å². The molecule has 0 spiro atoms. The molecule has 0 radical (unpaired) electrons. The molecule has 0 N–H and O–H groups in total. The quantitative estimate of drug-likeness (QED) is 0.532. The highest BCUT2D eigenvalue weighted by molar-refractivity contribution is 7.09. The number of hydrogen-bond acceptors (Lipinski definition) is 6. The first-order valence-corrected chi connectivity index (χ1v) is 8.98. The molecule has 0 saturated heterocycles. The maximum atomic E-state index is 12.4. The van der Waals surface area contributed by atoms with Gasteiger partial charge < -0.3 is 14.0 Å². The summed E-state index contributed by atoms with van der Waals surface area (Å²) in [5.74, 6) is -0.646. The van der Waals surface area contributed by atoms with Crippen LogP contribution in [-0.4, -0.2) is 41.6 Å². The van der Waals surface area contributed by atoms with Gasteiger partial charge in [0.05, 0.1) is 29.8 Å². The fourth-order valence-electron chi connectivity index (χ4n) is 2.97. The van der Waals surface area contributed by atoms with Gasteiger partial charge in [-0.2, -0.15) is 0 Å². The highest BCUT2D eigenvalue weighted by atomic mass is 32.1. The average molecular weight is 364 g/mol. The maximum Gasteiger partial charge on any atom is 0.312 e. The Kier molecular flexibility index (Phi) is 6.50. The Morgan fingerprint density at radius 1 is 1.32 bits per heavy atom. The molecular formula is C18H24N2O4S. The summed E-state index contributed by atoms with van der Waals surface area (Å²) in [6.07, 6.45) is 0.0848. The van der Waals surface area contributed by atoms with Crippen molar-refractivity contribution in [1.29, 1.82) is 0 Å². The first-order valence-electron chi connectivity index (χ1n) is 8.10. The van der Waals surface area contributed by atoms with Crippen molar-refractivity contribution >= 4 is 23.1 Å². The minimum Gasteiger partial charge on any atom is -0.457 e. The summed E-state index contributed by atoms with van der Waals surface area (Å²) < 4.78 is 12.4. The Hall–Kier alpha value is -1.99. The third-order valence-electron chi connectivity index (χ3n) is 3.99. The zero-order valence-corrected chi connectivity index (χ0v) is 16.1. The van der Waals surface area contributed by atoms with Gasteiger partial charge in [-0.3, -0.25) is 9.59 Å². The number of ether oxygens (including phenoxy) is 2. The van der Waals surface area contributed by atoms with Crippen LogP contribution < -0.4 is 0 Å². The predicted octanol–water partition coefficient (Wildman–Crippen LogP) is 3.05. The topological polar surface area (TPSA) is 70.4 Å². The van der Waals surface area contributed by atoms with Crippen molar-refractivity contribution in [2.75, 3.05) is 20.3 Å². The summed E-state index contributed by atoms with van der Waals surface area (Å²) in [7, 11) is 1.65. The Morgan fingerprint density at radius 2 is 2.04 bits per heavy atom. The van der Waals surface area contributed by atoms with Crippen molar-refractivity contribution < 1.29 is 19.1 Å². The maximum absolute atomic E-state index is 12.4. The van der Waals surface area contributed by atoms with Crippen LogP contribution in [0.4, 0.5) is 0 Å². The number of nitrogens with zero attached hydrogens (tertiary/aromatic N) is 2. The number of methoxy groups -OCH3 is 1. The van der Waals surface area contributed by atoms with Crippen molar-refractivity contribution in [2.24, 2.45) is 0 Å². The highest BCUT2D eigenvalue weighted by Gasteiger charge is 2.20. The number of carbonyl (C=O) groups is 2. The summed E-state index contributed by atoms with van der Waals surface area (Å²) in [6, 6.07) is 1.96. The second kappa shape index (κ2) is 8.40. The van der Waals surface area contributed by atoms with Crippen LogP contribution in [0.2, 0.25) is 0 Å². The van der Waals surface area contributed by atoms with E-state index in [0.29, 0.717) is 17.9 Å². The van der Waals surface area contributed by atoms with E-state index in [1.807, 2.05) is 39.1 Å². The summed E-state index contributed by atoms with van der Waals surface area (Å²) >= 11 is 1.48. The second-order valence-electron chi connectivity index (χ2n) is 6.08. The van der Waals surface area contributed by atoms with Crippen LogP contribution >= 0.6 is 11.3 Å². The lowest BCUT2D eigenvalue weighted by Gasteiger charge is -2.17. The van der Waals surface area contributed by atoms with Crippen LogP contribution in [0.5, 0.6) is 0 Å². The highest BCUT2D eigenvalue weighted by Crippen LogP contribution is 2.21. The Bertz CT molecular complexity index is 763. The number of aromatic nitrogens is 2. The van der Waals surface area contributed by atoms with Gasteiger partial charge in [-0.1, -0.05) is 0 Å². The number of rotatable bonds is 8. The molecule has 7 heteroatoms. The number of carbonyl (C=O) groups excluding carboxylic acids is 2. The zero-order chi connectivity index (χ0) is 18.6. The molecule has 0 aliphatic carbocycles. The predicted molar refractivity (Wildman–Crippen MR) is 96.3 cm³/mol. The van der Waals surface area contributed by atoms with Crippen molar-refractivity contribution in [3.63, 3.8) is 0 Å². The number of Topliss-reactive ketones (excluding diaryl/α,β-unsaturated/α-hetero) is 1. The molecule has 0 saturated carbocycles. The number of aryl methyl sites for hydroxylation is 2. The smallest absolute Gasteiger partial charge is 0.312 e. The van der Waals surface area contributed by atoms with Gasteiger partial charge in [0, 0.05) is 29.4 Å². The van der Waals surface area contributed by atoms with Crippen molar-refractivity contribution in [3.05, 3.63) is 39.1 Å².